The summed E-state index contributed by atoms with van der Waals surface area (Å²) < 4.78 is 5.22. The summed E-state index contributed by atoms with van der Waals surface area (Å²) >= 11 is 0. The molecule has 0 radical (unpaired) electrons. The Labute approximate surface area is 210 Å². The van der Waals surface area contributed by atoms with Gasteiger partial charge in [0.1, 0.15) is 17.3 Å². The molecule has 0 saturated heterocycles. The molecule has 0 aromatic heterocycles. The molecule has 0 aliphatic heterocycles. The molecule has 3 fully saturated rings. The van der Waals surface area contributed by atoms with Crippen LogP contribution in [0, 0.1) is 11.8 Å². The van der Waals surface area contributed by atoms with Crippen molar-refractivity contribution in [1.82, 2.24) is 16.0 Å². The highest BCUT2D eigenvalue weighted by molar-refractivity contribution is 6.38. The standard InChI is InChI=1S/C28H31N3O5/c1-36-21-9-5-8-19(15-21)25(33)31-28(16-22(28)18-10-11-18)27(35)30-23(14-17-6-3-2-4-7-17)24(32)26(34)29-20-12-13-20/h2-9,15,18,20,22-23H,10-14,16H2,1H3,(H,29,34)(H,30,35)(H,31,33)/t22-,23-,28+/m0/s1. The number of benzene rings is 2. The van der Waals surface area contributed by atoms with Crippen molar-refractivity contribution < 1.29 is 23.9 Å². The predicted octanol–water partition coefficient (Wildman–Crippen LogP) is 2.17. The minimum absolute atomic E-state index is 0.0137. The molecule has 3 saturated carbocycles. The van der Waals surface area contributed by atoms with E-state index < -0.39 is 29.2 Å². The number of Topliss-reactive ketones (excluding diaryl/α,β-unsaturated/α-hetero) is 1. The number of nitrogens with one attached hydrogen (secondary N) is 3. The second kappa shape index (κ2) is 9.76. The van der Waals surface area contributed by atoms with E-state index in [-0.39, 0.29) is 24.3 Å². The maximum Gasteiger partial charge on any atom is 0.289 e. The number of hydrogen-bond acceptors (Lipinski definition) is 5. The second-order valence-electron chi connectivity index (χ2n) is 10.1. The lowest BCUT2D eigenvalue weighted by molar-refractivity contribution is -0.140. The zero-order valence-electron chi connectivity index (χ0n) is 20.3. The average Bonchev–Trinajstić information content (AvgIpc) is 3.73. The molecule has 36 heavy (non-hydrogen) atoms. The van der Waals surface area contributed by atoms with Crippen LogP contribution in [0.5, 0.6) is 5.75 Å². The lowest BCUT2D eigenvalue weighted by atomic mass is 10.00. The van der Waals surface area contributed by atoms with Crippen molar-refractivity contribution in [1.29, 1.82) is 0 Å². The molecule has 8 nitrogen and oxygen atoms in total. The van der Waals surface area contributed by atoms with Crippen LogP contribution in [0.2, 0.25) is 0 Å². The Morgan fingerprint density at radius 3 is 2.42 bits per heavy atom. The molecule has 2 aromatic carbocycles. The van der Waals surface area contributed by atoms with E-state index in [1.807, 2.05) is 30.3 Å². The highest BCUT2D eigenvalue weighted by Gasteiger charge is 2.65. The van der Waals surface area contributed by atoms with Gasteiger partial charge >= 0.3 is 0 Å². The summed E-state index contributed by atoms with van der Waals surface area (Å²) in [6, 6.07) is 15.1. The number of rotatable bonds is 11. The fraction of sp³-hybridized carbons (Fsp3) is 0.429. The average molecular weight is 490 g/mol. The third-order valence-electron chi connectivity index (χ3n) is 7.32. The second-order valence-corrected chi connectivity index (χ2v) is 10.1. The SMILES string of the molecule is COc1cccc(C(=O)N[C@]2(C(=O)N[C@@H](Cc3ccccc3)C(=O)C(=O)NC3CC3)C[C@H]2C2CC2)c1. The third-order valence-corrected chi connectivity index (χ3v) is 7.32. The number of amides is 3. The van der Waals surface area contributed by atoms with Gasteiger partial charge in [0.25, 0.3) is 11.8 Å². The zero-order chi connectivity index (χ0) is 25.3. The van der Waals surface area contributed by atoms with Gasteiger partial charge in [-0.05, 0) is 67.7 Å². The third kappa shape index (κ3) is 5.27. The Morgan fingerprint density at radius 2 is 1.75 bits per heavy atom. The Hall–Kier alpha value is -3.68. The van der Waals surface area contributed by atoms with Crippen molar-refractivity contribution in [2.24, 2.45) is 11.8 Å². The molecule has 8 heteroatoms. The number of hydrogen-bond donors (Lipinski definition) is 3. The fourth-order valence-electron chi connectivity index (χ4n) is 4.84. The molecular formula is C28H31N3O5. The van der Waals surface area contributed by atoms with Gasteiger partial charge in [-0.2, -0.15) is 0 Å². The summed E-state index contributed by atoms with van der Waals surface area (Å²) in [6.45, 7) is 0. The molecule has 3 aliphatic carbocycles. The topological polar surface area (TPSA) is 114 Å². The molecule has 2 aromatic rings. The van der Waals surface area contributed by atoms with Crippen molar-refractivity contribution in [3.63, 3.8) is 0 Å². The minimum atomic E-state index is -1.09. The molecule has 5 rings (SSSR count). The first kappa shape index (κ1) is 24.0. The number of ketones is 1. The van der Waals surface area contributed by atoms with Crippen LogP contribution in [0.1, 0.15) is 48.0 Å². The van der Waals surface area contributed by atoms with E-state index in [4.69, 9.17) is 4.74 Å². The van der Waals surface area contributed by atoms with Gasteiger partial charge in [-0.3, -0.25) is 19.2 Å². The Bertz CT molecular complexity index is 1170. The van der Waals surface area contributed by atoms with Crippen LogP contribution < -0.4 is 20.7 Å². The van der Waals surface area contributed by atoms with E-state index >= 15 is 0 Å². The summed E-state index contributed by atoms with van der Waals surface area (Å²) in [4.78, 5) is 52.5. The van der Waals surface area contributed by atoms with E-state index in [0.717, 1.165) is 31.2 Å². The number of methoxy groups -OCH3 is 1. The molecule has 0 spiro atoms. The summed E-state index contributed by atoms with van der Waals surface area (Å²) in [6.07, 6.45) is 4.46. The molecule has 3 atom stereocenters. The van der Waals surface area contributed by atoms with E-state index in [1.54, 1.807) is 24.3 Å². The quantitative estimate of drug-likeness (QED) is 0.419. The molecule has 0 heterocycles. The monoisotopic (exact) mass is 489 g/mol. The number of carbonyl (C=O) groups is 4. The van der Waals surface area contributed by atoms with Crippen LogP contribution in [0.15, 0.2) is 54.6 Å². The number of ether oxygens (including phenoxy) is 1. The van der Waals surface area contributed by atoms with Gasteiger partial charge in [-0.15, -0.1) is 0 Å². The summed E-state index contributed by atoms with van der Waals surface area (Å²) in [5, 5.41) is 8.54. The molecule has 3 N–H and O–H groups in total. The van der Waals surface area contributed by atoms with Gasteiger partial charge in [0.2, 0.25) is 11.7 Å². The normalized spacial score (nSPS) is 23.2. The van der Waals surface area contributed by atoms with Crippen LogP contribution in [0.3, 0.4) is 0 Å². The Morgan fingerprint density at radius 1 is 1.00 bits per heavy atom. The Balaban J connectivity index is 1.35. The largest absolute Gasteiger partial charge is 0.497 e. The molecule has 188 valence electrons. The first-order chi connectivity index (χ1) is 17.4. The van der Waals surface area contributed by atoms with Gasteiger partial charge in [-0.1, -0.05) is 36.4 Å². The van der Waals surface area contributed by atoms with Crippen LogP contribution in [-0.4, -0.2) is 48.2 Å². The first-order valence-corrected chi connectivity index (χ1v) is 12.6. The fourth-order valence-corrected chi connectivity index (χ4v) is 4.84. The number of carbonyl (C=O) groups excluding carboxylic acids is 4. The van der Waals surface area contributed by atoms with Gasteiger partial charge in [0, 0.05) is 18.0 Å². The molecule has 0 bridgehead atoms. The van der Waals surface area contributed by atoms with Crippen molar-refractivity contribution in [2.75, 3.05) is 7.11 Å². The van der Waals surface area contributed by atoms with Gasteiger partial charge in [-0.25, -0.2) is 0 Å². The van der Waals surface area contributed by atoms with Gasteiger partial charge in [0.05, 0.1) is 7.11 Å². The highest BCUT2D eigenvalue weighted by atomic mass is 16.5. The van der Waals surface area contributed by atoms with E-state index in [2.05, 4.69) is 16.0 Å². The lowest BCUT2D eigenvalue weighted by Crippen LogP contribution is -2.57. The summed E-state index contributed by atoms with van der Waals surface area (Å²) in [7, 11) is 1.53. The molecule has 3 aliphatic rings. The van der Waals surface area contributed by atoms with Gasteiger partial charge in [0.15, 0.2) is 0 Å². The van der Waals surface area contributed by atoms with Crippen molar-refractivity contribution in [3.8, 4) is 5.75 Å². The predicted molar refractivity (Wildman–Crippen MR) is 132 cm³/mol. The van der Waals surface area contributed by atoms with Crippen LogP contribution >= 0.6 is 0 Å². The first-order valence-electron chi connectivity index (χ1n) is 12.6. The van der Waals surface area contributed by atoms with Crippen LogP contribution in [0.4, 0.5) is 0 Å². The van der Waals surface area contributed by atoms with Crippen LogP contribution in [-0.2, 0) is 20.8 Å². The van der Waals surface area contributed by atoms with Crippen molar-refractivity contribution >= 4 is 23.5 Å². The molecule has 0 unspecified atom stereocenters. The molecule has 3 amide bonds. The lowest BCUT2D eigenvalue weighted by Gasteiger charge is -2.24. The summed E-state index contributed by atoms with van der Waals surface area (Å²) in [5.74, 6) is -1.19. The van der Waals surface area contributed by atoms with E-state index in [1.165, 1.54) is 7.11 Å². The molecular weight excluding hydrogens is 458 g/mol. The van der Waals surface area contributed by atoms with Crippen molar-refractivity contribution in [2.45, 2.75) is 56.1 Å². The smallest absolute Gasteiger partial charge is 0.289 e. The van der Waals surface area contributed by atoms with Crippen LogP contribution in [0.25, 0.3) is 0 Å². The van der Waals surface area contributed by atoms with E-state index in [0.29, 0.717) is 23.7 Å². The highest BCUT2D eigenvalue weighted by Crippen LogP contribution is 2.57. The zero-order valence-corrected chi connectivity index (χ0v) is 20.3. The maximum atomic E-state index is 13.7. The Kier molecular flexibility index (Phi) is 6.51. The van der Waals surface area contributed by atoms with E-state index in [9.17, 15) is 19.2 Å². The minimum Gasteiger partial charge on any atom is -0.497 e. The summed E-state index contributed by atoms with van der Waals surface area (Å²) in [5.41, 5.74) is 0.131. The van der Waals surface area contributed by atoms with Gasteiger partial charge < -0.3 is 20.7 Å². The maximum absolute atomic E-state index is 13.7. The van der Waals surface area contributed by atoms with Crippen molar-refractivity contribution in [3.05, 3.63) is 65.7 Å².